The minimum absolute atomic E-state index is 0.114. The predicted molar refractivity (Wildman–Crippen MR) is 180 cm³/mol. The monoisotopic (exact) mass is 668 g/mol. The maximum absolute atomic E-state index is 15.4. The van der Waals surface area contributed by atoms with E-state index in [1.165, 1.54) is 25.0 Å². The number of aryl methyl sites for hydroxylation is 1. The molecule has 0 bridgehead atoms. The van der Waals surface area contributed by atoms with Crippen molar-refractivity contribution in [3.63, 3.8) is 0 Å². The molecule has 1 aliphatic carbocycles. The number of thioether (sulfide) groups is 1. The minimum Gasteiger partial charge on any atom is -0.349 e. The summed E-state index contributed by atoms with van der Waals surface area (Å²) in [6.07, 6.45) is 3.92. The van der Waals surface area contributed by atoms with Crippen molar-refractivity contribution in [2.75, 3.05) is 56.5 Å². The van der Waals surface area contributed by atoms with E-state index < -0.39 is 11.6 Å². The van der Waals surface area contributed by atoms with E-state index in [9.17, 15) is 14.0 Å². The highest BCUT2D eigenvalue weighted by molar-refractivity contribution is 7.99. The topological polar surface area (TPSA) is 64.9 Å². The summed E-state index contributed by atoms with van der Waals surface area (Å²) < 4.78 is 31.5. The lowest BCUT2D eigenvalue weighted by Crippen LogP contribution is -2.58. The average molecular weight is 669 g/mol. The van der Waals surface area contributed by atoms with Gasteiger partial charge >= 0.3 is 5.69 Å². The molecule has 244 valence electrons. The van der Waals surface area contributed by atoms with Crippen LogP contribution in [0.2, 0.25) is 5.02 Å². The molecule has 0 N–H and O–H groups in total. The van der Waals surface area contributed by atoms with Crippen LogP contribution in [0.1, 0.15) is 38.3 Å². The Kier molecular flexibility index (Phi) is 8.40. The summed E-state index contributed by atoms with van der Waals surface area (Å²) in [6.45, 7) is 15.2. The quantitative estimate of drug-likeness (QED) is 0.260. The van der Waals surface area contributed by atoms with Crippen LogP contribution in [-0.2, 0) is 4.79 Å². The number of amides is 1. The van der Waals surface area contributed by atoms with Crippen molar-refractivity contribution in [1.29, 1.82) is 0 Å². The summed E-state index contributed by atoms with van der Waals surface area (Å²) in [7, 11) is 0. The lowest BCUT2D eigenvalue weighted by Gasteiger charge is -2.45. The Hall–Kier alpha value is -2.99. The average Bonchev–Trinajstić information content (AvgIpc) is 3.88. The van der Waals surface area contributed by atoms with Gasteiger partial charge in [-0.1, -0.05) is 18.2 Å². The van der Waals surface area contributed by atoms with Crippen molar-refractivity contribution >= 4 is 46.0 Å². The van der Waals surface area contributed by atoms with Gasteiger partial charge in [0.15, 0.2) is 0 Å². The highest BCUT2D eigenvalue weighted by Gasteiger charge is 2.37. The Balaban J connectivity index is 1.36. The Labute approximate surface area is 277 Å². The van der Waals surface area contributed by atoms with Crippen molar-refractivity contribution in [3.05, 3.63) is 63.6 Å². The van der Waals surface area contributed by atoms with Gasteiger partial charge < -0.3 is 9.80 Å². The van der Waals surface area contributed by atoms with Crippen LogP contribution in [0.25, 0.3) is 22.0 Å². The van der Waals surface area contributed by atoms with Crippen molar-refractivity contribution in [1.82, 2.24) is 24.3 Å². The summed E-state index contributed by atoms with van der Waals surface area (Å²) in [5.74, 6) is -0.458. The highest BCUT2D eigenvalue weighted by Crippen LogP contribution is 2.47. The van der Waals surface area contributed by atoms with E-state index in [4.69, 9.17) is 16.6 Å². The molecule has 8 nitrogen and oxygen atoms in total. The van der Waals surface area contributed by atoms with Crippen LogP contribution in [0.3, 0.4) is 0 Å². The molecule has 7 rings (SSSR count). The van der Waals surface area contributed by atoms with Gasteiger partial charge in [-0.3, -0.25) is 19.2 Å². The zero-order valence-corrected chi connectivity index (χ0v) is 28.0. The third-order valence-corrected chi connectivity index (χ3v) is 11.6. The molecule has 1 amide bonds. The molecule has 0 spiro atoms. The fourth-order valence-electron chi connectivity index (χ4n) is 7.52. The molecule has 0 unspecified atom stereocenters. The first kappa shape index (κ1) is 31.6. The Morgan fingerprint density at radius 3 is 2.52 bits per heavy atom. The standard InChI is InChI=1S/C34H39ClF2N6O2S/c1-5-29(44)41-15-21(4)42(16-20(41)3)33-25-12-19(2)30(24-13-26(35)28(37)14-27(24)36)32-31(25)43(34(45)38-33)23(18-46-32)17-39-8-10-40(11-9-39)22-6-7-22/h5,12-14,20-23H,1,6-11,15-18H2,2-4H3/t20-,21+,23+/m1/s1. The van der Waals surface area contributed by atoms with Crippen LogP contribution in [0, 0.1) is 18.6 Å². The van der Waals surface area contributed by atoms with Gasteiger partial charge in [-0.05, 0) is 57.4 Å². The fourth-order valence-corrected chi connectivity index (χ4v) is 9.05. The maximum atomic E-state index is 15.4. The first-order valence-electron chi connectivity index (χ1n) is 16.1. The van der Waals surface area contributed by atoms with E-state index in [0.29, 0.717) is 30.2 Å². The van der Waals surface area contributed by atoms with Gasteiger partial charge in [0, 0.05) is 97.2 Å². The van der Waals surface area contributed by atoms with Gasteiger partial charge in [-0.15, -0.1) is 11.8 Å². The SMILES string of the molecule is C=CC(=O)N1C[C@H](C)N(c2nc(=O)n3c4c(c(-c5cc(Cl)c(F)cc5F)c(C)cc24)SC[C@@H]3CN2CCN(C3CC3)CC2)C[C@H]1C. The van der Waals surface area contributed by atoms with Gasteiger partial charge in [0.05, 0.1) is 16.6 Å². The van der Waals surface area contributed by atoms with Crippen LogP contribution in [0.5, 0.6) is 0 Å². The summed E-state index contributed by atoms with van der Waals surface area (Å²) in [5.41, 5.74) is 1.97. The number of nitrogens with zero attached hydrogens (tertiary/aromatic N) is 6. The molecule has 4 aliphatic rings. The van der Waals surface area contributed by atoms with E-state index in [-0.39, 0.29) is 40.3 Å². The highest BCUT2D eigenvalue weighted by atomic mass is 35.5. The van der Waals surface area contributed by atoms with Crippen LogP contribution in [0.4, 0.5) is 14.6 Å². The van der Waals surface area contributed by atoms with E-state index >= 15 is 4.39 Å². The zero-order valence-electron chi connectivity index (χ0n) is 26.4. The number of halogens is 3. The number of hydrogen-bond acceptors (Lipinski definition) is 7. The first-order valence-corrected chi connectivity index (χ1v) is 17.5. The van der Waals surface area contributed by atoms with E-state index in [0.717, 1.165) is 66.2 Å². The molecule has 3 atom stereocenters. The van der Waals surface area contributed by atoms with Gasteiger partial charge in [-0.25, -0.2) is 13.6 Å². The number of piperazine rings is 2. The minimum atomic E-state index is -0.815. The number of hydrogen-bond donors (Lipinski definition) is 0. The van der Waals surface area contributed by atoms with Crippen molar-refractivity contribution in [2.45, 2.75) is 62.7 Å². The lowest BCUT2D eigenvalue weighted by atomic mass is 9.96. The zero-order chi connectivity index (χ0) is 32.4. The number of carbonyl (C=O) groups excluding carboxylic acids is 1. The Morgan fingerprint density at radius 2 is 1.83 bits per heavy atom. The summed E-state index contributed by atoms with van der Waals surface area (Å²) in [6, 6.07) is 4.51. The van der Waals surface area contributed by atoms with Gasteiger partial charge in [-0.2, -0.15) is 4.98 Å². The smallest absolute Gasteiger partial charge is 0.349 e. The summed E-state index contributed by atoms with van der Waals surface area (Å²) in [4.78, 5) is 41.2. The lowest BCUT2D eigenvalue weighted by molar-refractivity contribution is -0.128. The molecular formula is C34H39ClF2N6O2S. The molecule has 46 heavy (non-hydrogen) atoms. The predicted octanol–water partition coefficient (Wildman–Crippen LogP) is 5.34. The molecule has 2 saturated heterocycles. The molecule has 1 aromatic heterocycles. The Morgan fingerprint density at radius 1 is 1.09 bits per heavy atom. The maximum Gasteiger partial charge on any atom is 0.350 e. The molecule has 3 aliphatic heterocycles. The van der Waals surface area contributed by atoms with Gasteiger partial charge in [0.25, 0.3) is 0 Å². The molecular weight excluding hydrogens is 630 g/mol. The van der Waals surface area contributed by atoms with Crippen LogP contribution < -0.4 is 10.6 Å². The van der Waals surface area contributed by atoms with Crippen LogP contribution >= 0.6 is 23.4 Å². The first-order chi connectivity index (χ1) is 22.0. The third kappa shape index (κ3) is 5.52. The second-order valence-electron chi connectivity index (χ2n) is 13.2. The number of rotatable bonds is 6. The number of benzene rings is 2. The van der Waals surface area contributed by atoms with Gasteiger partial charge in [0.1, 0.15) is 17.5 Å². The van der Waals surface area contributed by atoms with Crippen molar-refractivity contribution in [3.8, 4) is 11.1 Å². The number of aromatic nitrogens is 2. The van der Waals surface area contributed by atoms with E-state index in [1.807, 2.05) is 31.4 Å². The normalized spacial score (nSPS) is 24.1. The molecule has 3 fully saturated rings. The second kappa shape index (κ2) is 12.2. The van der Waals surface area contributed by atoms with Crippen molar-refractivity contribution in [2.24, 2.45) is 0 Å². The van der Waals surface area contributed by atoms with Crippen molar-refractivity contribution < 1.29 is 13.6 Å². The fraction of sp³-hybridized carbons (Fsp3) is 0.500. The summed E-state index contributed by atoms with van der Waals surface area (Å²) in [5, 5.41) is 0.650. The second-order valence-corrected chi connectivity index (χ2v) is 14.6. The molecule has 2 aromatic carbocycles. The molecule has 12 heteroatoms. The molecule has 0 radical (unpaired) electrons. The molecule has 3 aromatic rings. The van der Waals surface area contributed by atoms with E-state index in [1.54, 1.807) is 16.7 Å². The van der Waals surface area contributed by atoms with Gasteiger partial charge in [0.2, 0.25) is 5.91 Å². The largest absolute Gasteiger partial charge is 0.350 e. The van der Waals surface area contributed by atoms with Crippen LogP contribution in [0.15, 0.2) is 40.5 Å². The Bertz CT molecular complexity index is 1790. The molecule has 4 heterocycles. The number of carbonyl (C=O) groups is 1. The third-order valence-electron chi connectivity index (χ3n) is 10.1. The van der Waals surface area contributed by atoms with E-state index in [2.05, 4.69) is 21.3 Å². The molecule has 1 saturated carbocycles. The van der Waals surface area contributed by atoms with Crippen LogP contribution in [-0.4, -0.2) is 99.8 Å². The summed E-state index contributed by atoms with van der Waals surface area (Å²) >= 11 is 7.78. The number of anilines is 1.